The first-order valence-corrected chi connectivity index (χ1v) is 9.59. The van der Waals surface area contributed by atoms with Gasteiger partial charge in [0.1, 0.15) is 5.75 Å². The first kappa shape index (κ1) is 17.7. The van der Waals surface area contributed by atoms with Crippen LogP contribution in [0.15, 0.2) is 35.7 Å². The minimum absolute atomic E-state index is 0.0471. The Morgan fingerprint density at radius 2 is 2.07 bits per heavy atom. The lowest BCUT2D eigenvalue weighted by Crippen LogP contribution is -2.52. The number of nitro groups is 1. The number of nitrogens with zero attached hydrogens (tertiary/aromatic N) is 3. The Morgan fingerprint density at radius 3 is 2.81 bits per heavy atom. The van der Waals surface area contributed by atoms with Gasteiger partial charge < -0.3 is 19.3 Å². The number of thiophene rings is 1. The van der Waals surface area contributed by atoms with Gasteiger partial charge in [0.15, 0.2) is 6.10 Å². The number of amides is 1. The van der Waals surface area contributed by atoms with E-state index in [-0.39, 0.29) is 15.8 Å². The number of hydrogen-bond acceptors (Lipinski definition) is 7. The molecule has 0 spiro atoms. The summed E-state index contributed by atoms with van der Waals surface area (Å²) in [6, 6.07) is 9.15. The number of anilines is 1. The fourth-order valence-corrected chi connectivity index (χ4v) is 4.05. The number of carbonyl (C=O) groups is 1. The number of hydrogen-bond donors (Lipinski definition) is 0. The van der Waals surface area contributed by atoms with Gasteiger partial charge in [-0.25, -0.2) is 0 Å². The quantitative estimate of drug-likeness (QED) is 0.589. The van der Waals surface area contributed by atoms with E-state index < -0.39 is 6.10 Å². The van der Waals surface area contributed by atoms with Gasteiger partial charge in [-0.1, -0.05) is 23.5 Å². The van der Waals surface area contributed by atoms with Crippen molar-refractivity contribution in [2.45, 2.75) is 12.6 Å². The molecule has 9 heteroatoms. The van der Waals surface area contributed by atoms with E-state index in [1.54, 1.807) is 16.3 Å². The second-order valence-corrected chi connectivity index (χ2v) is 7.33. The number of rotatable bonds is 4. The van der Waals surface area contributed by atoms with Crippen molar-refractivity contribution >= 4 is 27.9 Å². The van der Waals surface area contributed by atoms with Crippen molar-refractivity contribution in [1.29, 1.82) is 0 Å². The van der Waals surface area contributed by atoms with Gasteiger partial charge in [0, 0.05) is 31.1 Å². The molecule has 4 rings (SSSR count). The molecule has 8 nitrogen and oxygen atoms in total. The average molecular weight is 389 g/mol. The van der Waals surface area contributed by atoms with Crippen molar-refractivity contribution in [3.8, 4) is 5.75 Å². The smallest absolute Gasteiger partial charge is 0.324 e. The van der Waals surface area contributed by atoms with E-state index in [4.69, 9.17) is 9.47 Å². The summed E-state index contributed by atoms with van der Waals surface area (Å²) >= 11 is 1.11. The third kappa shape index (κ3) is 3.74. The standard InChI is InChI=1S/C18H19N3O5S/c22-18(19-5-7-25-8-6-19)16-11-20(14-3-1-2-4-15(14)26-16)10-13-9-17(21(23)24)27-12-13/h1-4,9,12,16H,5-8,10-11H2/t16-/m0/s1. The topological polar surface area (TPSA) is 85.2 Å². The predicted octanol–water partition coefficient (Wildman–Crippen LogP) is 2.28. The monoisotopic (exact) mass is 389 g/mol. The van der Waals surface area contributed by atoms with Crippen LogP contribution in [0, 0.1) is 10.1 Å². The first-order valence-electron chi connectivity index (χ1n) is 8.71. The van der Waals surface area contributed by atoms with Gasteiger partial charge in [-0.15, -0.1) is 0 Å². The lowest BCUT2D eigenvalue weighted by Gasteiger charge is -2.38. The van der Waals surface area contributed by atoms with Crippen molar-refractivity contribution in [3.05, 3.63) is 51.4 Å². The summed E-state index contributed by atoms with van der Waals surface area (Å²) < 4.78 is 11.3. The van der Waals surface area contributed by atoms with E-state index in [0.29, 0.717) is 45.1 Å². The zero-order valence-electron chi connectivity index (χ0n) is 14.6. The molecule has 0 saturated carbocycles. The van der Waals surface area contributed by atoms with Crippen LogP contribution in [0.4, 0.5) is 10.7 Å². The van der Waals surface area contributed by atoms with Crippen LogP contribution in [0.2, 0.25) is 0 Å². The normalized spacial score (nSPS) is 19.3. The fourth-order valence-electron chi connectivity index (χ4n) is 3.33. The molecule has 3 heterocycles. The second-order valence-electron chi connectivity index (χ2n) is 6.44. The molecule has 0 unspecified atom stereocenters. The van der Waals surface area contributed by atoms with Gasteiger partial charge >= 0.3 is 5.00 Å². The van der Waals surface area contributed by atoms with Gasteiger partial charge in [-0.3, -0.25) is 14.9 Å². The summed E-state index contributed by atoms with van der Waals surface area (Å²) in [5, 5.41) is 12.8. The van der Waals surface area contributed by atoms with Crippen molar-refractivity contribution in [3.63, 3.8) is 0 Å². The SMILES string of the molecule is O=C([C@@H]1CN(Cc2csc([N+](=O)[O-])c2)c2ccccc2O1)N1CCOCC1. The number of carbonyl (C=O) groups excluding carboxylic acids is 1. The van der Waals surface area contributed by atoms with E-state index in [1.807, 2.05) is 29.2 Å². The molecule has 1 amide bonds. The van der Waals surface area contributed by atoms with Crippen LogP contribution in [0.1, 0.15) is 5.56 Å². The maximum atomic E-state index is 12.9. The lowest BCUT2D eigenvalue weighted by atomic mass is 10.1. The molecular weight excluding hydrogens is 370 g/mol. The van der Waals surface area contributed by atoms with Crippen LogP contribution in [-0.4, -0.2) is 54.7 Å². The maximum Gasteiger partial charge on any atom is 0.324 e. The molecule has 0 aliphatic carbocycles. The molecule has 2 aromatic rings. The highest BCUT2D eigenvalue weighted by Crippen LogP contribution is 2.35. The minimum atomic E-state index is -0.605. The van der Waals surface area contributed by atoms with Gasteiger partial charge in [0.25, 0.3) is 5.91 Å². The molecule has 1 saturated heterocycles. The molecule has 1 atom stereocenters. The first-order chi connectivity index (χ1) is 13.1. The Labute approximate surface area is 160 Å². The van der Waals surface area contributed by atoms with Crippen molar-refractivity contribution in [2.75, 3.05) is 37.7 Å². The number of benzene rings is 1. The summed E-state index contributed by atoms with van der Waals surface area (Å²) in [6.07, 6.45) is -0.605. The van der Waals surface area contributed by atoms with Gasteiger partial charge in [0.2, 0.25) is 0 Å². The second kappa shape index (κ2) is 7.53. The Balaban J connectivity index is 1.55. The largest absolute Gasteiger partial charge is 0.477 e. The van der Waals surface area contributed by atoms with Crippen LogP contribution in [0.25, 0.3) is 0 Å². The predicted molar refractivity (Wildman–Crippen MR) is 100 cm³/mol. The molecule has 0 bridgehead atoms. The molecular formula is C18H19N3O5S. The van der Waals surface area contributed by atoms with Gasteiger partial charge in [-0.05, 0) is 17.7 Å². The Kier molecular flexibility index (Phi) is 4.95. The minimum Gasteiger partial charge on any atom is -0.477 e. The number of ether oxygens (including phenoxy) is 2. The van der Waals surface area contributed by atoms with Gasteiger partial charge in [0.05, 0.1) is 30.4 Å². The summed E-state index contributed by atoms with van der Waals surface area (Å²) in [5.74, 6) is 0.606. The van der Waals surface area contributed by atoms with Gasteiger partial charge in [-0.2, -0.15) is 0 Å². The molecule has 2 aliphatic heterocycles. The summed E-state index contributed by atoms with van der Waals surface area (Å²) in [7, 11) is 0. The van der Waals surface area contributed by atoms with E-state index in [9.17, 15) is 14.9 Å². The molecule has 1 aromatic heterocycles. The summed E-state index contributed by atoms with van der Waals surface area (Å²) in [4.78, 5) is 27.3. The molecule has 0 N–H and O–H groups in total. The average Bonchev–Trinajstić information content (AvgIpc) is 3.17. The van der Waals surface area contributed by atoms with Crippen LogP contribution in [0.3, 0.4) is 0 Å². The molecule has 2 aliphatic rings. The molecule has 1 fully saturated rings. The summed E-state index contributed by atoms with van der Waals surface area (Å²) in [6.45, 7) is 3.09. The van der Waals surface area contributed by atoms with E-state index >= 15 is 0 Å². The number of morpholine rings is 1. The number of fused-ring (bicyclic) bond motifs is 1. The molecule has 142 valence electrons. The van der Waals surface area contributed by atoms with Crippen LogP contribution >= 0.6 is 11.3 Å². The third-order valence-corrected chi connectivity index (χ3v) is 5.58. The summed E-state index contributed by atoms with van der Waals surface area (Å²) in [5.41, 5.74) is 1.73. The van der Waals surface area contributed by atoms with Crippen molar-refractivity contribution in [2.24, 2.45) is 0 Å². The third-order valence-electron chi connectivity index (χ3n) is 4.65. The molecule has 1 aromatic carbocycles. The van der Waals surface area contributed by atoms with Crippen LogP contribution < -0.4 is 9.64 Å². The highest BCUT2D eigenvalue weighted by atomic mass is 32.1. The molecule has 27 heavy (non-hydrogen) atoms. The van der Waals surface area contributed by atoms with Crippen molar-refractivity contribution < 1.29 is 19.2 Å². The van der Waals surface area contributed by atoms with E-state index in [0.717, 1.165) is 22.6 Å². The zero-order chi connectivity index (χ0) is 18.8. The highest BCUT2D eigenvalue weighted by molar-refractivity contribution is 7.13. The fraction of sp³-hybridized carbons (Fsp3) is 0.389. The zero-order valence-corrected chi connectivity index (χ0v) is 15.4. The van der Waals surface area contributed by atoms with E-state index in [2.05, 4.69) is 0 Å². The van der Waals surface area contributed by atoms with E-state index in [1.165, 1.54) is 0 Å². The Hall–Kier alpha value is -2.65. The van der Waals surface area contributed by atoms with Crippen LogP contribution in [-0.2, 0) is 16.1 Å². The van der Waals surface area contributed by atoms with Crippen LogP contribution in [0.5, 0.6) is 5.75 Å². The Morgan fingerprint density at radius 1 is 1.30 bits per heavy atom. The highest BCUT2D eigenvalue weighted by Gasteiger charge is 2.34. The lowest BCUT2D eigenvalue weighted by molar-refractivity contribution is -0.380. The number of para-hydroxylation sites is 2. The maximum absolute atomic E-state index is 12.9. The molecule has 0 radical (unpaired) electrons. The Bertz CT molecular complexity index is 849. The van der Waals surface area contributed by atoms with Crippen molar-refractivity contribution in [1.82, 2.24) is 4.90 Å².